The van der Waals surface area contributed by atoms with Crippen LogP contribution in [0.4, 0.5) is 13.2 Å². The second-order valence-electron chi connectivity index (χ2n) is 4.93. The lowest BCUT2D eigenvalue weighted by Gasteiger charge is -2.11. The summed E-state index contributed by atoms with van der Waals surface area (Å²) < 4.78 is 44.6. The Morgan fingerprint density at radius 2 is 2.09 bits per heavy atom. The van der Waals surface area contributed by atoms with Crippen LogP contribution in [0, 0.1) is 0 Å². The highest BCUT2D eigenvalue weighted by Gasteiger charge is 2.36. The molecule has 9 heteroatoms. The van der Waals surface area contributed by atoms with Crippen LogP contribution in [0.25, 0.3) is 11.1 Å². The van der Waals surface area contributed by atoms with Crippen LogP contribution in [0.1, 0.15) is 25.1 Å². The molecule has 124 valence electrons. The molecule has 6 nitrogen and oxygen atoms in total. The van der Waals surface area contributed by atoms with E-state index in [1.165, 1.54) is 16.9 Å². The number of hydrogen-bond acceptors (Lipinski definition) is 4. The molecule has 0 radical (unpaired) electrons. The number of methoxy groups -OCH3 is 1. The van der Waals surface area contributed by atoms with E-state index in [9.17, 15) is 18.0 Å². The Bertz CT molecular complexity index is 713. The molecular weight excluding hydrogens is 315 g/mol. The number of hydrogen-bond donors (Lipinski definition) is 1. The largest absolute Gasteiger partial charge is 0.494 e. The van der Waals surface area contributed by atoms with Gasteiger partial charge in [0, 0.05) is 23.5 Å². The minimum absolute atomic E-state index is 0.115. The van der Waals surface area contributed by atoms with Crippen molar-refractivity contribution in [1.29, 1.82) is 0 Å². The van der Waals surface area contributed by atoms with Gasteiger partial charge in [-0.05, 0) is 13.0 Å². The number of carboxylic acids is 1. The molecule has 1 N–H and O–H groups in total. The molecule has 1 unspecified atom stereocenters. The third-order valence-corrected chi connectivity index (χ3v) is 3.20. The van der Waals surface area contributed by atoms with E-state index in [-0.39, 0.29) is 18.2 Å². The molecule has 0 aromatic carbocycles. The number of carboxylic acid groups (broad SMARTS) is 1. The average Bonchev–Trinajstić information content (AvgIpc) is 2.94. The van der Waals surface area contributed by atoms with Crippen molar-refractivity contribution < 1.29 is 27.8 Å². The first-order valence-electron chi connectivity index (χ1n) is 6.60. The van der Waals surface area contributed by atoms with Gasteiger partial charge in [-0.3, -0.25) is 9.48 Å². The Morgan fingerprint density at radius 3 is 2.65 bits per heavy atom. The van der Waals surface area contributed by atoms with Crippen molar-refractivity contribution in [3.05, 3.63) is 30.4 Å². The van der Waals surface area contributed by atoms with Crippen LogP contribution in [-0.2, 0) is 11.0 Å². The van der Waals surface area contributed by atoms with Crippen LogP contribution in [0.3, 0.4) is 0 Å². The first-order valence-corrected chi connectivity index (χ1v) is 6.60. The summed E-state index contributed by atoms with van der Waals surface area (Å²) >= 11 is 0. The van der Waals surface area contributed by atoms with Crippen LogP contribution in [0.15, 0.2) is 24.7 Å². The number of pyridine rings is 1. The predicted octanol–water partition coefficient (Wildman–Crippen LogP) is 3.01. The highest BCUT2D eigenvalue weighted by molar-refractivity contribution is 5.67. The smallest absolute Gasteiger partial charge is 0.437 e. The summed E-state index contributed by atoms with van der Waals surface area (Å²) in [5.74, 6) is -1.35. The Kier molecular flexibility index (Phi) is 4.57. The molecule has 0 saturated heterocycles. The lowest BCUT2D eigenvalue weighted by atomic mass is 10.1. The van der Waals surface area contributed by atoms with Crippen molar-refractivity contribution in [3.63, 3.8) is 0 Å². The van der Waals surface area contributed by atoms with Crippen LogP contribution < -0.4 is 4.74 Å². The molecule has 0 amide bonds. The average molecular weight is 329 g/mol. The molecule has 0 aliphatic carbocycles. The Balaban J connectivity index is 2.33. The molecular formula is C14H14F3N3O3. The van der Waals surface area contributed by atoms with Crippen molar-refractivity contribution >= 4 is 5.97 Å². The van der Waals surface area contributed by atoms with E-state index in [0.717, 1.165) is 13.3 Å². The summed E-state index contributed by atoms with van der Waals surface area (Å²) in [6, 6.07) is 0.838. The van der Waals surface area contributed by atoms with Gasteiger partial charge in [0.2, 0.25) is 0 Å². The minimum atomic E-state index is -4.61. The molecule has 0 fully saturated rings. The van der Waals surface area contributed by atoms with Gasteiger partial charge in [0.15, 0.2) is 5.69 Å². The van der Waals surface area contributed by atoms with Gasteiger partial charge in [-0.2, -0.15) is 18.3 Å². The first kappa shape index (κ1) is 16.8. The first-order chi connectivity index (χ1) is 10.7. The molecule has 2 rings (SSSR count). The lowest BCUT2D eigenvalue weighted by molar-refractivity contribution is -0.142. The van der Waals surface area contributed by atoms with E-state index in [1.807, 2.05) is 0 Å². The third kappa shape index (κ3) is 3.79. The Hall–Kier alpha value is -2.58. The van der Waals surface area contributed by atoms with Crippen LogP contribution in [0.5, 0.6) is 5.75 Å². The normalized spacial score (nSPS) is 12.9. The summed E-state index contributed by atoms with van der Waals surface area (Å²) in [5, 5.41) is 12.8. The zero-order valence-corrected chi connectivity index (χ0v) is 12.3. The van der Waals surface area contributed by atoms with Gasteiger partial charge in [-0.15, -0.1) is 0 Å². The van der Waals surface area contributed by atoms with Crippen LogP contribution >= 0.6 is 0 Å². The van der Waals surface area contributed by atoms with Crippen molar-refractivity contribution in [3.8, 4) is 16.9 Å². The second kappa shape index (κ2) is 6.27. The number of aliphatic carboxylic acids is 1. The molecule has 2 aromatic rings. The van der Waals surface area contributed by atoms with Crippen LogP contribution in [-0.4, -0.2) is 33.0 Å². The SMILES string of the molecule is COc1cc(-c2cnn(C(C)CC(=O)O)c2)cnc1C(F)(F)F. The molecule has 0 bridgehead atoms. The number of rotatable bonds is 5. The number of halogens is 3. The van der Waals surface area contributed by atoms with E-state index in [0.29, 0.717) is 11.1 Å². The van der Waals surface area contributed by atoms with Gasteiger partial charge in [-0.1, -0.05) is 0 Å². The highest BCUT2D eigenvalue weighted by Crippen LogP contribution is 2.36. The molecule has 0 aliphatic rings. The van der Waals surface area contributed by atoms with E-state index in [4.69, 9.17) is 9.84 Å². The van der Waals surface area contributed by atoms with Crippen molar-refractivity contribution in [2.24, 2.45) is 0 Å². The van der Waals surface area contributed by atoms with Gasteiger partial charge in [0.1, 0.15) is 5.75 Å². The van der Waals surface area contributed by atoms with E-state index in [1.54, 1.807) is 13.1 Å². The topological polar surface area (TPSA) is 77.2 Å². The fourth-order valence-corrected chi connectivity index (χ4v) is 2.05. The number of carbonyl (C=O) groups is 1. The zero-order chi connectivity index (χ0) is 17.2. The molecule has 2 aromatic heterocycles. The highest BCUT2D eigenvalue weighted by atomic mass is 19.4. The monoisotopic (exact) mass is 329 g/mol. The quantitative estimate of drug-likeness (QED) is 0.912. The zero-order valence-electron chi connectivity index (χ0n) is 12.3. The van der Waals surface area contributed by atoms with Crippen molar-refractivity contribution in [2.45, 2.75) is 25.6 Å². The minimum Gasteiger partial charge on any atom is -0.494 e. The van der Waals surface area contributed by atoms with Crippen LogP contribution in [0.2, 0.25) is 0 Å². The summed E-state index contributed by atoms with van der Waals surface area (Å²) in [6.45, 7) is 1.68. The van der Waals surface area contributed by atoms with Gasteiger partial charge in [0.05, 0.1) is 25.8 Å². The molecule has 0 spiro atoms. The molecule has 2 heterocycles. The lowest BCUT2D eigenvalue weighted by Crippen LogP contribution is -2.10. The van der Waals surface area contributed by atoms with Gasteiger partial charge >= 0.3 is 12.1 Å². The maximum Gasteiger partial charge on any atom is 0.437 e. The summed E-state index contributed by atoms with van der Waals surface area (Å²) in [7, 11) is 1.13. The number of ether oxygens (including phenoxy) is 1. The maximum absolute atomic E-state index is 12.8. The number of aromatic nitrogens is 3. The van der Waals surface area contributed by atoms with Crippen molar-refractivity contribution in [2.75, 3.05) is 7.11 Å². The van der Waals surface area contributed by atoms with Gasteiger partial charge in [0.25, 0.3) is 0 Å². The fourth-order valence-electron chi connectivity index (χ4n) is 2.05. The second-order valence-corrected chi connectivity index (χ2v) is 4.93. The maximum atomic E-state index is 12.8. The summed E-state index contributed by atoms with van der Waals surface area (Å²) in [6.07, 6.45) is -0.659. The summed E-state index contributed by atoms with van der Waals surface area (Å²) in [5.41, 5.74) is -0.194. The molecule has 0 saturated carbocycles. The predicted molar refractivity (Wildman–Crippen MR) is 74.0 cm³/mol. The molecule has 0 aliphatic heterocycles. The molecule has 1 atom stereocenters. The van der Waals surface area contributed by atoms with E-state index < -0.39 is 17.8 Å². The Labute approximate surface area is 129 Å². The number of nitrogens with zero attached hydrogens (tertiary/aromatic N) is 3. The number of alkyl halides is 3. The van der Waals surface area contributed by atoms with E-state index >= 15 is 0 Å². The Morgan fingerprint density at radius 1 is 1.39 bits per heavy atom. The van der Waals surface area contributed by atoms with Gasteiger partial charge < -0.3 is 9.84 Å². The van der Waals surface area contributed by atoms with Crippen molar-refractivity contribution in [1.82, 2.24) is 14.8 Å². The fraction of sp³-hybridized carbons (Fsp3) is 0.357. The standard InChI is InChI=1S/C14H14F3N3O3/c1-8(3-12(21)22)20-7-10(6-19-20)9-4-11(23-2)13(18-5-9)14(15,16)17/h4-8H,3H2,1-2H3,(H,21,22). The molecule has 23 heavy (non-hydrogen) atoms. The summed E-state index contributed by atoms with van der Waals surface area (Å²) in [4.78, 5) is 14.1. The third-order valence-electron chi connectivity index (χ3n) is 3.20. The van der Waals surface area contributed by atoms with E-state index in [2.05, 4.69) is 10.1 Å². The van der Waals surface area contributed by atoms with Gasteiger partial charge in [-0.25, -0.2) is 4.98 Å².